The number of halogens is 1. The minimum Gasteiger partial charge on any atom is -0.375 e. The molecule has 148 valence electrons. The summed E-state index contributed by atoms with van der Waals surface area (Å²) in [5.41, 5.74) is 3.30. The topological polar surface area (TPSA) is 15.7 Å². The van der Waals surface area contributed by atoms with Gasteiger partial charge < -0.3 is 9.64 Å². The average Bonchev–Trinajstić information content (AvgIpc) is 3.18. The van der Waals surface area contributed by atoms with E-state index in [0.717, 1.165) is 37.8 Å². The van der Waals surface area contributed by atoms with Crippen molar-refractivity contribution in [2.24, 2.45) is 5.41 Å². The van der Waals surface area contributed by atoms with Crippen LogP contribution in [0, 0.1) is 5.41 Å². The summed E-state index contributed by atoms with van der Waals surface area (Å²) in [7, 11) is 0. The van der Waals surface area contributed by atoms with Crippen LogP contribution in [0.25, 0.3) is 0 Å². The molecule has 2 aromatic carbocycles. The third kappa shape index (κ3) is 3.50. The Labute approximate surface area is 173 Å². The monoisotopic (exact) mass is 396 g/mol. The van der Waals surface area contributed by atoms with Gasteiger partial charge in [-0.15, -0.1) is 0 Å². The first-order chi connectivity index (χ1) is 13.5. The molecule has 0 radical (unpaired) electrons. The molecule has 3 nitrogen and oxygen atoms in total. The predicted octanol–water partition coefficient (Wildman–Crippen LogP) is 4.62. The minimum absolute atomic E-state index is 0.189. The first kappa shape index (κ1) is 18.6. The standard InChI is InChI=1S/C24H29ClN2O/c1-23-15-24(16-23,18-28-23)17-26-11-13-27(14-12-26)22(19-5-3-2-4-6-19)20-7-9-21(25)10-8-20/h2-10,22H,11-18H2,1H3. The Morgan fingerprint density at radius 3 is 2.18 bits per heavy atom. The van der Waals surface area contributed by atoms with Crippen LogP contribution in [0.15, 0.2) is 54.6 Å². The number of nitrogens with zero attached hydrogens (tertiary/aromatic N) is 2. The van der Waals surface area contributed by atoms with Crippen molar-refractivity contribution >= 4 is 11.6 Å². The highest BCUT2D eigenvalue weighted by Gasteiger charge is 2.59. The SMILES string of the molecule is CC12CC(CN3CCN(C(c4ccccc4)c4ccc(Cl)cc4)CC3)(CO1)C2. The van der Waals surface area contributed by atoms with Crippen molar-refractivity contribution in [2.45, 2.75) is 31.4 Å². The molecule has 6 rings (SSSR count). The van der Waals surface area contributed by atoms with E-state index in [-0.39, 0.29) is 5.60 Å². The maximum atomic E-state index is 6.14. The third-order valence-electron chi connectivity index (χ3n) is 6.86. The Morgan fingerprint density at radius 2 is 1.57 bits per heavy atom. The van der Waals surface area contributed by atoms with Gasteiger partial charge in [0.15, 0.2) is 0 Å². The molecule has 1 aliphatic carbocycles. The Morgan fingerprint density at radius 1 is 0.929 bits per heavy atom. The zero-order valence-corrected chi connectivity index (χ0v) is 17.4. The van der Waals surface area contributed by atoms with E-state index in [1.807, 2.05) is 12.1 Å². The molecule has 1 unspecified atom stereocenters. The number of ether oxygens (including phenoxy) is 1. The molecule has 1 saturated carbocycles. The lowest BCUT2D eigenvalue weighted by Crippen LogP contribution is -2.54. The molecule has 4 aliphatic rings. The molecule has 2 aromatic rings. The van der Waals surface area contributed by atoms with Gasteiger partial charge >= 0.3 is 0 Å². The van der Waals surface area contributed by atoms with Crippen molar-refractivity contribution in [3.8, 4) is 0 Å². The molecular weight excluding hydrogens is 368 g/mol. The van der Waals surface area contributed by atoms with E-state index in [9.17, 15) is 0 Å². The van der Waals surface area contributed by atoms with Crippen LogP contribution in [-0.2, 0) is 4.74 Å². The van der Waals surface area contributed by atoms with E-state index in [1.54, 1.807) is 0 Å². The van der Waals surface area contributed by atoms with Gasteiger partial charge in [0.05, 0.1) is 18.2 Å². The summed E-state index contributed by atoms with van der Waals surface area (Å²) in [4.78, 5) is 5.29. The lowest BCUT2D eigenvalue weighted by atomic mass is 9.63. The van der Waals surface area contributed by atoms with Crippen LogP contribution in [0.3, 0.4) is 0 Å². The molecule has 1 atom stereocenters. The second-order valence-electron chi connectivity index (χ2n) is 9.27. The molecule has 0 aromatic heterocycles. The molecule has 3 saturated heterocycles. The number of fused-ring (bicyclic) bond motifs is 1. The normalized spacial score (nSPS) is 31.5. The maximum Gasteiger partial charge on any atom is 0.0668 e. The highest BCUT2D eigenvalue weighted by Crippen LogP contribution is 2.57. The molecule has 0 amide bonds. The zero-order chi connectivity index (χ0) is 19.2. The van der Waals surface area contributed by atoms with Crippen LogP contribution < -0.4 is 0 Å². The Balaban J connectivity index is 1.29. The summed E-state index contributed by atoms with van der Waals surface area (Å²) >= 11 is 6.14. The van der Waals surface area contributed by atoms with Gasteiger partial charge in [-0.25, -0.2) is 0 Å². The number of benzene rings is 2. The summed E-state index contributed by atoms with van der Waals surface area (Å²) < 4.78 is 6.00. The van der Waals surface area contributed by atoms with Gasteiger partial charge in [0.1, 0.15) is 0 Å². The van der Waals surface area contributed by atoms with Crippen LogP contribution in [0.4, 0.5) is 0 Å². The van der Waals surface area contributed by atoms with Crippen LogP contribution in [-0.4, -0.2) is 54.7 Å². The summed E-state index contributed by atoms with van der Waals surface area (Å²) in [5.74, 6) is 0. The van der Waals surface area contributed by atoms with E-state index < -0.39 is 0 Å². The number of piperazine rings is 1. The molecule has 3 aliphatic heterocycles. The zero-order valence-electron chi connectivity index (χ0n) is 16.6. The highest BCUT2D eigenvalue weighted by molar-refractivity contribution is 6.30. The Bertz CT molecular complexity index is 808. The second-order valence-corrected chi connectivity index (χ2v) is 9.71. The fraction of sp³-hybridized carbons (Fsp3) is 0.500. The Hall–Kier alpha value is -1.39. The average molecular weight is 397 g/mol. The van der Waals surface area contributed by atoms with Gasteiger partial charge in [0.2, 0.25) is 0 Å². The van der Waals surface area contributed by atoms with Gasteiger partial charge in [0.25, 0.3) is 0 Å². The van der Waals surface area contributed by atoms with Crippen LogP contribution in [0.1, 0.15) is 36.9 Å². The molecule has 0 spiro atoms. The van der Waals surface area contributed by atoms with E-state index in [4.69, 9.17) is 16.3 Å². The van der Waals surface area contributed by atoms with Crippen LogP contribution >= 0.6 is 11.6 Å². The number of rotatable bonds is 5. The lowest BCUT2D eigenvalue weighted by Gasteiger charge is -2.47. The van der Waals surface area contributed by atoms with Gasteiger partial charge in [-0.2, -0.15) is 0 Å². The van der Waals surface area contributed by atoms with Crippen molar-refractivity contribution < 1.29 is 4.74 Å². The third-order valence-corrected chi connectivity index (χ3v) is 7.11. The lowest BCUT2D eigenvalue weighted by molar-refractivity contribution is -0.0114. The van der Waals surface area contributed by atoms with Gasteiger partial charge in [-0.05, 0) is 43.0 Å². The molecule has 3 heterocycles. The van der Waals surface area contributed by atoms with Gasteiger partial charge in [-0.3, -0.25) is 4.90 Å². The van der Waals surface area contributed by atoms with E-state index in [0.29, 0.717) is 11.5 Å². The molecule has 2 bridgehead atoms. The summed E-state index contributed by atoms with van der Waals surface area (Å²) in [6.07, 6.45) is 2.50. The summed E-state index contributed by atoms with van der Waals surface area (Å²) in [6, 6.07) is 19.5. The molecular formula is C24H29ClN2O. The largest absolute Gasteiger partial charge is 0.375 e. The van der Waals surface area contributed by atoms with Gasteiger partial charge in [0, 0.05) is 43.2 Å². The quantitative estimate of drug-likeness (QED) is 0.733. The fourth-order valence-corrected chi connectivity index (χ4v) is 5.90. The molecule has 4 heteroatoms. The van der Waals surface area contributed by atoms with Crippen LogP contribution in [0.5, 0.6) is 0 Å². The molecule has 28 heavy (non-hydrogen) atoms. The van der Waals surface area contributed by atoms with Gasteiger partial charge in [-0.1, -0.05) is 54.1 Å². The summed E-state index contributed by atoms with van der Waals surface area (Å²) in [6.45, 7) is 8.89. The van der Waals surface area contributed by atoms with Crippen molar-refractivity contribution in [2.75, 3.05) is 39.3 Å². The number of hydrogen-bond donors (Lipinski definition) is 0. The maximum absolute atomic E-state index is 6.14. The van der Waals surface area contributed by atoms with Crippen molar-refractivity contribution in [3.05, 3.63) is 70.7 Å². The first-order valence-corrected chi connectivity index (χ1v) is 10.8. The van der Waals surface area contributed by atoms with Crippen molar-refractivity contribution in [1.29, 1.82) is 0 Å². The predicted molar refractivity (Wildman–Crippen MR) is 114 cm³/mol. The molecule has 0 N–H and O–H groups in total. The first-order valence-electron chi connectivity index (χ1n) is 10.5. The van der Waals surface area contributed by atoms with E-state index >= 15 is 0 Å². The minimum atomic E-state index is 0.189. The number of hydrogen-bond acceptors (Lipinski definition) is 3. The van der Waals surface area contributed by atoms with E-state index in [1.165, 1.54) is 30.5 Å². The highest BCUT2D eigenvalue weighted by atomic mass is 35.5. The van der Waals surface area contributed by atoms with E-state index in [2.05, 4.69) is 59.2 Å². The van der Waals surface area contributed by atoms with Crippen LogP contribution in [0.2, 0.25) is 5.02 Å². The summed E-state index contributed by atoms with van der Waals surface area (Å²) in [5, 5.41) is 0.797. The second kappa shape index (κ2) is 7.14. The fourth-order valence-electron chi connectivity index (χ4n) is 5.77. The van der Waals surface area contributed by atoms with Crippen molar-refractivity contribution in [3.63, 3.8) is 0 Å². The molecule has 4 fully saturated rings. The van der Waals surface area contributed by atoms with Crippen molar-refractivity contribution in [1.82, 2.24) is 9.80 Å². The smallest absolute Gasteiger partial charge is 0.0668 e. The Kier molecular flexibility index (Phi) is 4.75.